The Labute approximate surface area is 189 Å². The largest absolute Gasteiger partial charge is 0.416 e. The van der Waals surface area contributed by atoms with E-state index in [4.69, 9.17) is 4.98 Å². The SMILES string of the molecule is CC1C2CC3CC(C2)CC1(Nn1c(-c2ccc(C(F)(F)F)cc2)nc2ccccc2c1=O)C3. The summed E-state index contributed by atoms with van der Waals surface area (Å²) in [5.74, 6) is 2.77. The molecular formula is C26H26F3N3O. The summed E-state index contributed by atoms with van der Waals surface area (Å²) in [6, 6.07) is 12.0. The lowest BCUT2D eigenvalue weighted by Crippen LogP contribution is -2.63. The second kappa shape index (κ2) is 7.08. The Morgan fingerprint density at radius 1 is 1.00 bits per heavy atom. The van der Waals surface area contributed by atoms with Crippen molar-refractivity contribution in [2.45, 2.75) is 50.7 Å². The molecule has 7 heteroatoms. The Hall–Kier alpha value is -2.83. The molecule has 7 rings (SSSR count). The number of hydrogen-bond donors (Lipinski definition) is 1. The van der Waals surface area contributed by atoms with E-state index in [1.807, 2.05) is 6.07 Å². The molecule has 0 amide bonds. The highest BCUT2D eigenvalue weighted by Crippen LogP contribution is 2.58. The van der Waals surface area contributed by atoms with E-state index < -0.39 is 11.7 Å². The molecule has 4 nitrogen and oxygen atoms in total. The minimum Gasteiger partial charge on any atom is -0.315 e. The van der Waals surface area contributed by atoms with Crippen LogP contribution in [0.4, 0.5) is 13.2 Å². The quantitative estimate of drug-likeness (QED) is 0.542. The molecule has 4 bridgehead atoms. The molecule has 4 fully saturated rings. The fraction of sp³-hybridized carbons (Fsp3) is 0.462. The molecule has 0 saturated heterocycles. The van der Waals surface area contributed by atoms with Crippen molar-refractivity contribution in [1.82, 2.24) is 9.66 Å². The monoisotopic (exact) mass is 453 g/mol. The van der Waals surface area contributed by atoms with Gasteiger partial charge >= 0.3 is 6.18 Å². The third-order valence-corrected chi connectivity index (χ3v) is 8.40. The number of nitrogens with zero attached hydrogens (tertiary/aromatic N) is 2. The minimum atomic E-state index is -4.41. The van der Waals surface area contributed by atoms with Gasteiger partial charge in [0.05, 0.1) is 22.0 Å². The molecule has 1 heterocycles. The van der Waals surface area contributed by atoms with E-state index in [-0.39, 0.29) is 11.1 Å². The van der Waals surface area contributed by atoms with Gasteiger partial charge in [0.1, 0.15) is 0 Å². The first-order valence-electron chi connectivity index (χ1n) is 11.7. The van der Waals surface area contributed by atoms with E-state index in [0.717, 1.165) is 25.0 Å². The number of alkyl halides is 3. The van der Waals surface area contributed by atoms with Crippen LogP contribution in [-0.4, -0.2) is 15.2 Å². The van der Waals surface area contributed by atoms with Crippen molar-refractivity contribution in [3.8, 4) is 11.4 Å². The van der Waals surface area contributed by atoms with Gasteiger partial charge in [-0.05, 0) is 80.0 Å². The van der Waals surface area contributed by atoms with Gasteiger partial charge < -0.3 is 5.43 Å². The topological polar surface area (TPSA) is 46.9 Å². The predicted molar refractivity (Wildman–Crippen MR) is 121 cm³/mol. The highest BCUT2D eigenvalue weighted by atomic mass is 19.4. The van der Waals surface area contributed by atoms with E-state index in [1.54, 1.807) is 18.2 Å². The van der Waals surface area contributed by atoms with Crippen LogP contribution < -0.4 is 11.0 Å². The normalized spacial score (nSPS) is 30.7. The molecule has 0 spiro atoms. The molecule has 3 unspecified atom stereocenters. The number of para-hydroxylation sites is 1. The van der Waals surface area contributed by atoms with Crippen molar-refractivity contribution in [1.29, 1.82) is 0 Å². The van der Waals surface area contributed by atoms with Crippen LogP contribution >= 0.6 is 0 Å². The van der Waals surface area contributed by atoms with Gasteiger partial charge in [-0.1, -0.05) is 31.2 Å². The van der Waals surface area contributed by atoms with Crippen LogP contribution in [0, 0.1) is 23.7 Å². The lowest BCUT2D eigenvalue weighted by atomic mass is 9.49. The molecule has 4 aliphatic carbocycles. The average molecular weight is 454 g/mol. The smallest absolute Gasteiger partial charge is 0.315 e. The molecule has 1 N–H and O–H groups in total. The summed E-state index contributed by atoms with van der Waals surface area (Å²) in [6.45, 7) is 2.28. The Morgan fingerprint density at radius 3 is 2.33 bits per heavy atom. The van der Waals surface area contributed by atoms with Gasteiger partial charge in [-0.2, -0.15) is 13.2 Å². The summed E-state index contributed by atoms with van der Waals surface area (Å²) < 4.78 is 40.9. The van der Waals surface area contributed by atoms with Crippen molar-refractivity contribution in [3.63, 3.8) is 0 Å². The first-order chi connectivity index (χ1) is 15.7. The fourth-order valence-corrected chi connectivity index (χ4v) is 6.95. The number of benzene rings is 2. The summed E-state index contributed by atoms with van der Waals surface area (Å²) in [4.78, 5) is 18.4. The Balaban J connectivity index is 1.50. The van der Waals surface area contributed by atoms with Crippen LogP contribution in [0.15, 0.2) is 53.3 Å². The highest BCUT2D eigenvalue weighted by molar-refractivity contribution is 5.79. The maximum Gasteiger partial charge on any atom is 0.416 e. The maximum absolute atomic E-state index is 13.7. The van der Waals surface area contributed by atoms with Gasteiger partial charge in [0, 0.05) is 5.56 Å². The first-order valence-corrected chi connectivity index (χ1v) is 11.7. The summed E-state index contributed by atoms with van der Waals surface area (Å²) in [5.41, 5.74) is 3.53. The third kappa shape index (κ3) is 3.27. The zero-order valence-corrected chi connectivity index (χ0v) is 18.4. The number of nitrogens with one attached hydrogen (secondary N) is 1. The van der Waals surface area contributed by atoms with Crippen molar-refractivity contribution >= 4 is 10.9 Å². The molecule has 0 aliphatic heterocycles. The van der Waals surface area contributed by atoms with Crippen LogP contribution in [0.5, 0.6) is 0 Å². The van der Waals surface area contributed by atoms with E-state index in [0.29, 0.717) is 46.0 Å². The van der Waals surface area contributed by atoms with Crippen molar-refractivity contribution in [2.75, 3.05) is 5.43 Å². The van der Waals surface area contributed by atoms with Crippen molar-refractivity contribution in [2.24, 2.45) is 23.7 Å². The molecule has 3 aromatic rings. The Bertz CT molecular complexity index is 1270. The molecule has 4 saturated carbocycles. The minimum absolute atomic E-state index is 0.191. The van der Waals surface area contributed by atoms with Gasteiger partial charge in [0.15, 0.2) is 5.82 Å². The lowest BCUT2D eigenvalue weighted by Gasteiger charge is -2.60. The summed E-state index contributed by atoms with van der Waals surface area (Å²) in [6.07, 6.45) is 1.42. The van der Waals surface area contributed by atoms with Crippen LogP contribution in [0.2, 0.25) is 0 Å². The fourth-order valence-electron chi connectivity index (χ4n) is 6.95. The standard InChI is InChI=1S/C26H26F3N3O/c1-15-19-11-16-10-17(12-19)14-25(15,13-16)31-32-23(18-6-8-20(9-7-18)26(27,28)29)30-22-5-3-2-4-21(22)24(32)33/h2-9,15-17,19,31H,10-14H2,1H3. The molecule has 33 heavy (non-hydrogen) atoms. The van der Waals surface area contributed by atoms with E-state index in [1.165, 1.54) is 36.1 Å². The summed E-state index contributed by atoms with van der Waals surface area (Å²) in [7, 11) is 0. The number of rotatable bonds is 3. The average Bonchev–Trinajstić information content (AvgIpc) is 2.78. The summed E-state index contributed by atoms with van der Waals surface area (Å²) in [5, 5.41) is 0.498. The molecule has 0 radical (unpaired) electrons. The Kier molecular flexibility index (Phi) is 4.45. The number of aromatic nitrogens is 2. The zero-order chi connectivity index (χ0) is 23.0. The number of fused-ring (bicyclic) bond motifs is 1. The molecular weight excluding hydrogens is 427 g/mol. The van der Waals surface area contributed by atoms with Crippen LogP contribution in [0.1, 0.15) is 44.6 Å². The second-order valence-corrected chi connectivity index (χ2v) is 10.3. The second-order valence-electron chi connectivity index (χ2n) is 10.3. The molecule has 172 valence electrons. The summed E-state index contributed by atoms with van der Waals surface area (Å²) >= 11 is 0. The van der Waals surface area contributed by atoms with Gasteiger partial charge in [0.25, 0.3) is 5.56 Å². The van der Waals surface area contributed by atoms with E-state index >= 15 is 0 Å². The number of halogens is 3. The molecule has 4 aliphatic rings. The van der Waals surface area contributed by atoms with Crippen LogP contribution in [-0.2, 0) is 6.18 Å². The van der Waals surface area contributed by atoms with Gasteiger partial charge in [-0.25, -0.2) is 9.66 Å². The van der Waals surface area contributed by atoms with Crippen molar-refractivity contribution in [3.05, 3.63) is 64.4 Å². The van der Waals surface area contributed by atoms with E-state index in [2.05, 4.69) is 12.3 Å². The van der Waals surface area contributed by atoms with Gasteiger partial charge in [-0.3, -0.25) is 4.79 Å². The molecule has 1 aromatic heterocycles. The lowest BCUT2D eigenvalue weighted by molar-refractivity contribution is -0.137. The van der Waals surface area contributed by atoms with Gasteiger partial charge in [0.2, 0.25) is 0 Å². The van der Waals surface area contributed by atoms with E-state index in [9.17, 15) is 18.0 Å². The van der Waals surface area contributed by atoms with Crippen molar-refractivity contribution < 1.29 is 13.2 Å². The van der Waals surface area contributed by atoms with Gasteiger partial charge in [-0.15, -0.1) is 0 Å². The zero-order valence-electron chi connectivity index (χ0n) is 18.4. The maximum atomic E-state index is 13.7. The molecule has 2 aromatic carbocycles. The first kappa shape index (κ1) is 20.8. The number of hydrogen-bond acceptors (Lipinski definition) is 3. The predicted octanol–water partition coefficient (Wildman–Crippen LogP) is 5.84. The van der Waals surface area contributed by atoms with Crippen LogP contribution in [0.25, 0.3) is 22.3 Å². The third-order valence-electron chi connectivity index (χ3n) is 8.40. The molecule has 3 atom stereocenters. The highest BCUT2D eigenvalue weighted by Gasteiger charge is 2.55. The van der Waals surface area contributed by atoms with Crippen LogP contribution in [0.3, 0.4) is 0 Å². The Morgan fingerprint density at radius 2 is 1.67 bits per heavy atom.